The van der Waals surface area contributed by atoms with Gasteiger partial charge in [0.2, 0.25) is 0 Å². The van der Waals surface area contributed by atoms with Crippen molar-refractivity contribution in [1.29, 1.82) is 0 Å². The zero-order valence-corrected chi connectivity index (χ0v) is 10.2. The molecule has 0 aliphatic rings. The molecule has 94 valence electrons. The largest absolute Gasteiger partial charge is 0.768 e. The molecule has 0 aliphatic carbocycles. The average molecular weight is 277 g/mol. The minimum Gasteiger partial charge on any atom is -0.768 e. The zero-order chi connectivity index (χ0) is 12.9. The Morgan fingerprint density at radius 3 is 2.35 bits per heavy atom. The first-order valence-electron chi connectivity index (χ1n) is 4.45. The Kier molecular flexibility index (Phi) is 4.79. The Hall–Kier alpha value is -1.25. The van der Waals surface area contributed by atoms with E-state index in [2.05, 4.69) is 4.74 Å². The molecule has 8 heteroatoms. The molecule has 0 N–H and O–H groups in total. The number of rotatable bonds is 6. The molecule has 1 rings (SSSR count). The number of hydrogen-bond acceptors (Lipinski definition) is 6. The summed E-state index contributed by atoms with van der Waals surface area (Å²) in [6, 6.07) is 4.77. The van der Waals surface area contributed by atoms with E-state index < -0.39 is 20.9 Å². The number of sulfone groups is 1. The predicted molar refractivity (Wildman–Crippen MR) is 57.7 cm³/mol. The third kappa shape index (κ3) is 3.91. The highest BCUT2D eigenvalue weighted by molar-refractivity contribution is 7.91. The summed E-state index contributed by atoms with van der Waals surface area (Å²) < 4.78 is 48.7. The third-order valence-corrected chi connectivity index (χ3v) is 4.26. The van der Waals surface area contributed by atoms with Crippen LogP contribution in [0.15, 0.2) is 34.1 Å². The highest BCUT2D eigenvalue weighted by Gasteiger charge is 2.14. The molecule has 0 aromatic heterocycles. The summed E-state index contributed by atoms with van der Waals surface area (Å²) in [6.45, 7) is -0.0692. The lowest BCUT2D eigenvalue weighted by molar-refractivity contribution is -0.128. The van der Waals surface area contributed by atoms with E-state index in [0.29, 0.717) is 0 Å². The second kappa shape index (κ2) is 5.89. The van der Waals surface area contributed by atoms with Gasteiger partial charge in [0.25, 0.3) is 6.47 Å². The van der Waals surface area contributed by atoms with Gasteiger partial charge in [-0.1, -0.05) is 0 Å². The Labute approximate surface area is 101 Å². The monoisotopic (exact) mass is 277 g/mol. The maximum atomic E-state index is 11.6. The van der Waals surface area contributed by atoms with Crippen molar-refractivity contribution >= 4 is 27.4 Å². The highest BCUT2D eigenvalue weighted by Crippen LogP contribution is 2.13. The van der Waals surface area contributed by atoms with Crippen molar-refractivity contribution in [3.63, 3.8) is 0 Å². The molecule has 0 radical (unpaired) electrons. The van der Waals surface area contributed by atoms with Crippen LogP contribution in [-0.2, 0) is 30.4 Å². The molecular weight excluding hydrogens is 268 g/mol. The van der Waals surface area contributed by atoms with Gasteiger partial charge >= 0.3 is 0 Å². The first-order valence-corrected chi connectivity index (χ1v) is 7.17. The van der Waals surface area contributed by atoms with Crippen LogP contribution < -0.4 is 0 Å². The molecule has 0 bridgehead atoms. The first kappa shape index (κ1) is 13.8. The minimum atomic E-state index is -3.56. The smallest absolute Gasteiger partial charge is 0.293 e. The number of ether oxygens (including phenoxy) is 1. The van der Waals surface area contributed by atoms with Gasteiger partial charge in [0, 0.05) is 4.90 Å². The molecule has 1 atom stereocenters. The van der Waals surface area contributed by atoms with Gasteiger partial charge in [-0.2, -0.15) is 0 Å². The fourth-order valence-corrected chi connectivity index (χ4v) is 2.54. The van der Waals surface area contributed by atoms with Crippen molar-refractivity contribution in [3.05, 3.63) is 24.3 Å². The summed E-state index contributed by atoms with van der Waals surface area (Å²) in [5.41, 5.74) is 0. The molecule has 0 aliphatic heterocycles. The van der Waals surface area contributed by atoms with Crippen molar-refractivity contribution < 1.29 is 26.7 Å². The second-order valence-corrected chi connectivity index (χ2v) is 6.04. The van der Waals surface area contributed by atoms with E-state index in [1.54, 1.807) is 0 Å². The van der Waals surface area contributed by atoms with E-state index in [1.807, 2.05) is 0 Å². The number of carbonyl (C=O) groups excluding carboxylic acids is 1. The van der Waals surface area contributed by atoms with Crippen LogP contribution in [0.1, 0.15) is 0 Å². The zero-order valence-electron chi connectivity index (χ0n) is 8.57. The van der Waals surface area contributed by atoms with Crippen LogP contribution in [0.3, 0.4) is 0 Å². The van der Waals surface area contributed by atoms with Crippen LogP contribution in [0.4, 0.5) is 0 Å². The summed E-state index contributed by atoms with van der Waals surface area (Å²) in [5.74, 6) is -0.342. The summed E-state index contributed by atoms with van der Waals surface area (Å²) in [6.07, 6.45) is 0. The summed E-state index contributed by atoms with van der Waals surface area (Å²) >= 11 is -2.39. The highest BCUT2D eigenvalue weighted by atomic mass is 32.2. The van der Waals surface area contributed by atoms with Crippen LogP contribution in [-0.4, -0.2) is 36.0 Å². The lowest BCUT2D eigenvalue weighted by atomic mass is 10.4. The minimum absolute atomic E-state index is 0.00749. The number of benzene rings is 1. The Morgan fingerprint density at radius 1 is 1.29 bits per heavy atom. The normalized spacial score (nSPS) is 13.0. The molecular formula is C9H9O6S2-. The summed E-state index contributed by atoms with van der Waals surface area (Å²) in [4.78, 5) is 9.86. The SMILES string of the molecule is O=COCCS(=O)(=O)c1ccc(S(=O)[O-])cc1. The van der Waals surface area contributed by atoms with E-state index in [-0.39, 0.29) is 28.6 Å². The lowest BCUT2D eigenvalue weighted by Crippen LogP contribution is -2.12. The van der Waals surface area contributed by atoms with Gasteiger partial charge in [0.1, 0.15) is 6.61 Å². The molecule has 0 spiro atoms. The van der Waals surface area contributed by atoms with Gasteiger partial charge in [-0.3, -0.25) is 9.00 Å². The molecule has 0 saturated carbocycles. The van der Waals surface area contributed by atoms with Gasteiger partial charge < -0.3 is 9.29 Å². The van der Waals surface area contributed by atoms with Crippen LogP contribution in [0, 0.1) is 0 Å². The molecule has 1 aromatic carbocycles. The van der Waals surface area contributed by atoms with E-state index in [9.17, 15) is 22.0 Å². The molecule has 6 nitrogen and oxygen atoms in total. The van der Waals surface area contributed by atoms with Gasteiger partial charge in [-0.05, 0) is 35.3 Å². The average Bonchev–Trinajstić information content (AvgIpc) is 2.29. The van der Waals surface area contributed by atoms with Crippen LogP contribution >= 0.6 is 0 Å². The molecule has 1 aromatic rings. The maximum absolute atomic E-state index is 11.6. The molecule has 0 fully saturated rings. The molecule has 17 heavy (non-hydrogen) atoms. The molecule has 1 unspecified atom stereocenters. The Balaban J connectivity index is 2.85. The Bertz CT molecular complexity index is 505. The topological polar surface area (TPSA) is 101 Å². The number of carbonyl (C=O) groups is 1. The standard InChI is InChI=1S/C9H10O6S2/c10-7-15-5-6-17(13,14)9-3-1-8(2-4-9)16(11)12/h1-4,7H,5-6H2,(H,11,12)/p-1. The quantitative estimate of drug-likeness (QED) is 0.408. The van der Waals surface area contributed by atoms with Gasteiger partial charge in [-0.25, -0.2) is 8.42 Å². The van der Waals surface area contributed by atoms with Gasteiger partial charge in [-0.15, -0.1) is 0 Å². The predicted octanol–water partition coefficient (Wildman–Crippen LogP) is -0.129. The lowest BCUT2D eigenvalue weighted by Gasteiger charge is -2.07. The van der Waals surface area contributed by atoms with Gasteiger partial charge in [0.05, 0.1) is 10.6 Å². The fraction of sp³-hybridized carbons (Fsp3) is 0.222. The van der Waals surface area contributed by atoms with Crippen molar-refractivity contribution in [2.75, 3.05) is 12.4 Å². The summed E-state index contributed by atoms with van der Waals surface area (Å²) in [5, 5.41) is 0. The molecule has 0 saturated heterocycles. The first-order chi connectivity index (χ1) is 7.97. The van der Waals surface area contributed by atoms with E-state index in [0.717, 1.165) is 0 Å². The third-order valence-electron chi connectivity index (χ3n) is 1.91. The van der Waals surface area contributed by atoms with Crippen molar-refractivity contribution in [2.45, 2.75) is 9.79 Å². The van der Waals surface area contributed by atoms with E-state index in [4.69, 9.17) is 0 Å². The maximum Gasteiger partial charge on any atom is 0.293 e. The fourth-order valence-electron chi connectivity index (χ4n) is 1.08. The molecule has 0 heterocycles. The van der Waals surface area contributed by atoms with Crippen LogP contribution in [0.5, 0.6) is 0 Å². The van der Waals surface area contributed by atoms with Crippen molar-refractivity contribution in [3.8, 4) is 0 Å². The summed E-state index contributed by atoms with van der Waals surface area (Å²) in [7, 11) is -3.56. The van der Waals surface area contributed by atoms with Crippen molar-refractivity contribution in [2.24, 2.45) is 0 Å². The Morgan fingerprint density at radius 2 is 1.88 bits per heavy atom. The van der Waals surface area contributed by atoms with E-state index >= 15 is 0 Å². The van der Waals surface area contributed by atoms with Gasteiger partial charge in [0.15, 0.2) is 9.84 Å². The van der Waals surface area contributed by atoms with Crippen molar-refractivity contribution in [1.82, 2.24) is 0 Å². The van der Waals surface area contributed by atoms with Crippen LogP contribution in [0.2, 0.25) is 0 Å². The van der Waals surface area contributed by atoms with E-state index in [1.165, 1.54) is 24.3 Å². The second-order valence-electron chi connectivity index (χ2n) is 2.99. The molecule has 0 amide bonds. The van der Waals surface area contributed by atoms with Crippen LogP contribution in [0.25, 0.3) is 0 Å². The number of hydrogen-bond donors (Lipinski definition) is 0.